The summed E-state index contributed by atoms with van der Waals surface area (Å²) in [5, 5.41) is 4.28. The molecule has 0 spiro atoms. The molecule has 1 fully saturated rings. The third-order valence-electron chi connectivity index (χ3n) is 4.12. The first-order valence-electron chi connectivity index (χ1n) is 8.62. The maximum Gasteiger partial charge on any atom is 0.274 e. The van der Waals surface area contributed by atoms with E-state index >= 15 is 0 Å². The van der Waals surface area contributed by atoms with Crippen molar-refractivity contribution in [2.24, 2.45) is 13.0 Å². The fourth-order valence-electron chi connectivity index (χ4n) is 2.68. The average molecular weight is 470 g/mol. The molecule has 2 aromatic heterocycles. The minimum atomic E-state index is -0.0215. The molecule has 3 heterocycles. The van der Waals surface area contributed by atoms with E-state index in [9.17, 15) is 4.79 Å². The van der Waals surface area contributed by atoms with E-state index in [0.29, 0.717) is 37.2 Å². The average Bonchev–Trinajstić information content (AvgIpc) is 2.98. The van der Waals surface area contributed by atoms with Gasteiger partial charge < -0.3 is 14.5 Å². The normalized spacial score (nSPS) is 14.8. The molecule has 0 saturated carbocycles. The van der Waals surface area contributed by atoms with Gasteiger partial charge in [-0.1, -0.05) is 13.8 Å². The van der Waals surface area contributed by atoms with Crippen LogP contribution in [0.1, 0.15) is 24.3 Å². The van der Waals surface area contributed by atoms with E-state index in [1.807, 2.05) is 24.1 Å². The summed E-state index contributed by atoms with van der Waals surface area (Å²) in [5.74, 6) is 1.84. The van der Waals surface area contributed by atoms with Crippen molar-refractivity contribution in [1.82, 2.24) is 24.6 Å². The van der Waals surface area contributed by atoms with E-state index in [-0.39, 0.29) is 5.91 Å². The number of nitrogens with zero attached hydrogens (tertiary/aromatic N) is 6. The molecule has 0 atom stereocenters. The number of hydrogen-bond acceptors (Lipinski definition) is 6. The summed E-state index contributed by atoms with van der Waals surface area (Å²) < 4.78 is 8.33. The highest BCUT2D eigenvalue weighted by molar-refractivity contribution is 14.1. The number of aromatic nitrogens is 4. The summed E-state index contributed by atoms with van der Waals surface area (Å²) >= 11 is 2.17. The second-order valence-electron chi connectivity index (χ2n) is 6.67. The fourth-order valence-corrected chi connectivity index (χ4v) is 3.09. The van der Waals surface area contributed by atoms with Crippen molar-refractivity contribution in [3.05, 3.63) is 27.9 Å². The number of anilines is 1. The molecule has 0 N–H and O–H groups in total. The Bertz CT molecular complexity index is 751. The molecular formula is C17H23IN6O2. The largest absolute Gasteiger partial charge is 0.477 e. The van der Waals surface area contributed by atoms with Gasteiger partial charge in [-0.2, -0.15) is 5.10 Å². The highest BCUT2D eigenvalue weighted by atomic mass is 127. The number of carbonyl (C=O) groups is 1. The lowest BCUT2D eigenvalue weighted by atomic mass is 10.2. The first kappa shape index (κ1) is 18.9. The quantitative estimate of drug-likeness (QED) is 0.621. The van der Waals surface area contributed by atoms with E-state index in [1.165, 1.54) is 6.33 Å². The number of piperazine rings is 1. The van der Waals surface area contributed by atoms with Gasteiger partial charge in [0.05, 0.1) is 10.3 Å². The Balaban J connectivity index is 1.59. The predicted octanol–water partition coefficient (Wildman–Crippen LogP) is 1.81. The van der Waals surface area contributed by atoms with E-state index in [4.69, 9.17) is 4.74 Å². The molecule has 1 aliphatic rings. The Morgan fingerprint density at radius 1 is 1.23 bits per heavy atom. The molecule has 0 radical (unpaired) electrons. The summed E-state index contributed by atoms with van der Waals surface area (Å²) in [7, 11) is 1.84. The molecule has 0 unspecified atom stereocenters. The number of ether oxygens (including phenoxy) is 1. The van der Waals surface area contributed by atoms with E-state index in [2.05, 4.69) is 56.4 Å². The van der Waals surface area contributed by atoms with Gasteiger partial charge in [-0.3, -0.25) is 9.48 Å². The molecule has 26 heavy (non-hydrogen) atoms. The Kier molecular flexibility index (Phi) is 5.94. The number of amides is 1. The van der Waals surface area contributed by atoms with Gasteiger partial charge in [0, 0.05) is 45.4 Å². The van der Waals surface area contributed by atoms with Crippen molar-refractivity contribution in [2.75, 3.05) is 37.7 Å². The van der Waals surface area contributed by atoms with Crippen LogP contribution in [0, 0.1) is 9.62 Å². The van der Waals surface area contributed by atoms with Crippen LogP contribution in [0.4, 0.5) is 5.82 Å². The maximum absolute atomic E-state index is 12.6. The lowest BCUT2D eigenvalue weighted by Crippen LogP contribution is -2.49. The van der Waals surface area contributed by atoms with Crippen LogP contribution in [-0.4, -0.2) is 63.3 Å². The molecule has 0 bridgehead atoms. The second kappa shape index (κ2) is 8.19. The molecule has 3 rings (SSSR count). The van der Waals surface area contributed by atoms with Crippen molar-refractivity contribution < 1.29 is 9.53 Å². The zero-order chi connectivity index (χ0) is 18.7. The molecule has 1 aliphatic heterocycles. The van der Waals surface area contributed by atoms with Crippen LogP contribution in [-0.2, 0) is 7.05 Å². The van der Waals surface area contributed by atoms with Gasteiger partial charge in [0.25, 0.3) is 5.91 Å². The lowest BCUT2D eigenvalue weighted by molar-refractivity contribution is 0.0739. The van der Waals surface area contributed by atoms with Crippen LogP contribution in [0.2, 0.25) is 0 Å². The summed E-state index contributed by atoms with van der Waals surface area (Å²) in [5.41, 5.74) is 0.497. The van der Waals surface area contributed by atoms with Gasteiger partial charge in [-0.25, -0.2) is 9.97 Å². The topological polar surface area (TPSA) is 76.4 Å². The summed E-state index contributed by atoms with van der Waals surface area (Å²) in [6, 6.07) is 3.68. The number of rotatable bonds is 5. The van der Waals surface area contributed by atoms with Crippen LogP contribution < -0.4 is 9.64 Å². The molecule has 8 nitrogen and oxygen atoms in total. The predicted molar refractivity (Wildman–Crippen MR) is 106 cm³/mol. The molecule has 2 aromatic rings. The lowest BCUT2D eigenvalue weighted by Gasteiger charge is -2.35. The number of hydrogen-bond donors (Lipinski definition) is 0. The zero-order valence-corrected chi connectivity index (χ0v) is 17.4. The number of halogens is 1. The zero-order valence-electron chi connectivity index (χ0n) is 15.2. The van der Waals surface area contributed by atoms with Crippen LogP contribution in [0.5, 0.6) is 5.88 Å². The van der Waals surface area contributed by atoms with Crippen LogP contribution >= 0.6 is 22.6 Å². The summed E-state index contributed by atoms with van der Waals surface area (Å²) in [4.78, 5) is 25.1. The Hall–Kier alpha value is -1.91. The van der Waals surface area contributed by atoms with Gasteiger partial charge in [0.15, 0.2) is 5.69 Å². The molecule has 0 aliphatic carbocycles. The van der Waals surface area contributed by atoms with Crippen molar-refractivity contribution in [3.8, 4) is 5.88 Å². The van der Waals surface area contributed by atoms with Crippen LogP contribution in [0.15, 0.2) is 18.5 Å². The molecule has 140 valence electrons. The van der Waals surface area contributed by atoms with E-state index in [1.54, 1.807) is 4.68 Å². The minimum absolute atomic E-state index is 0.0215. The summed E-state index contributed by atoms with van der Waals surface area (Å²) in [6.07, 6.45) is 1.53. The van der Waals surface area contributed by atoms with Crippen molar-refractivity contribution in [1.29, 1.82) is 0 Å². The smallest absolute Gasteiger partial charge is 0.274 e. The molecule has 1 saturated heterocycles. The molecule has 0 aromatic carbocycles. The fraction of sp³-hybridized carbons (Fsp3) is 0.529. The molecular weight excluding hydrogens is 447 g/mol. The Labute approximate surface area is 166 Å². The first-order valence-corrected chi connectivity index (χ1v) is 9.70. The monoisotopic (exact) mass is 470 g/mol. The Morgan fingerprint density at radius 2 is 1.96 bits per heavy atom. The van der Waals surface area contributed by atoms with Crippen molar-refractivity contribution in [3.63, 3.8) is 0 Å². The second-order valence-corrected chi connectivity index (χ2v) is 7.78. The SMILES string of the molecule is CC(C)COc1cc(N2CCN(C(=O)c3cc(I)n(C)n3)CC2)ncn1. The maximum atomic E-state index is 12.6. The first-order chi connectivity index (χ1) is 12.4. The summed E-state index contributed by atoms with van der Waals surface area (Å²) in [6.45, 7) is 7.53. The minimum Gasteiger partial charge on any atom is -0.477 e. The molecule has 1 amide bonds. The van der Waals surface area contributed by atoms with Gasteiger partial charge in [0.1, 0.15) is 12.1 Å². The highest BCUT2D eigenvalue weighted by Gasteiger charge is 2.25. The van der Waals surface area contributed by atoms with Gasteiger partial charge in [-0.05, 0) is 28.5 Å². The third kappa shape index (κ3) is 4.43. The van der Waals surface area contributed by atoms with Gasteiger partial charge >= 0.3 is 0 Å². The highest BCUT2D eigenvalue weighted by Crippen LogP contribution is 2.19. The third-order valence-corrected chi connectivity index (χ3v) is 5.13. The van der Waals surface area contributed by atoms with Crippen molar-refractivity contribution in [2.45, 2.75) is 13.8 Å². The van der Waals surface area contributed by atoms with Crippen molar-refractivity contribution >= 4 is 34.3 Å². The number of carbonyl (C=O) groups excluding carboxylic acids is 1. The van der Waals surface area contributed by atoms with Crippen LogP contribution in [0.3, 0.4) is 0 Å². The molecule has 9 heteroatoms. The number of aryl methyl sites for hydroxylation is 1. The van der Waals surface area contributed by atoms with Gasteiger partial charge in [-0.15, -0.1) is 0 Å². The van der Waals surface area contributed by atoms with E-state index < -0.39 is 0 Å². The standard InChI is InChI=1S/C17H23IN6O2/c1-12(2)10-26-16-9-15(19-11-20-16)23-4-6-24(7-5-23)17(25)13-8-14(18)22(3)21-13/h8-9,11-12H,4-7,10H2,1-3H3. The Morgan fingerprint density at radius 3 is 2.58 bits per heavy atom. The van der Waals surface area contributed by atoms with E-state index in [0.717, 1.165) is 22.6 Å². The van der Waals surface area contributed by atoms with Gasteiger partial charge in [0.2, 0.25) is 5.88 Å². The van der Waals surface area contributed by atoms with Crippen LogP contribution in [0.25, 0.3) is 0 Å².